The van der Waals surface area contributed by atoms with Gasteiger partial charge >= 0.3 is 0 Å². The van der Waals surface area contributed by atoms with Gasteiger partial charge in [-0.3, -0.25) is 9.59 Å². The SMILES string of the molecule is CC(C)Oc1ccc(C(=O)CCC(=O)N[C@H](CN2CCCC2)[C@@H](O)C2=COC=C(C3=CC=CCC3)O2)cc1. The average molecular weight is 523 g/mol. The summed E-state index contributed by atoms with van der Waals surface area (Å²) in [5.74, 6) is 1.10. The van der Waals surface area contributed by atoms with Crippen LogP contribution in [0.25, 0.3) is 0 Å². The summed E-state index contributed by atoms with van der Waals surface area (Å²) >= 11 is 0. The summed E-state index contributed by atoms with van der Waals surface area (Å²) in [5, 5.41) is 14.2. The van der Waals surface area contributed by atoms with E-state index in [1.54, 1.807) is 24.3 Å². The van der Waals surface area contributed by atoms with Crippen molar-refractivity contribution in [2.45, 2.75) is 70.6 Å². The Hall–Kier alpha value is -3.36. The number of aliphatic hydroxyl groups is 1. The number of likely N-dealkylation sites (tertiary alicyclic amines) is 1. The molecule has 2 atom stereocenters. The number of carbonyl (C=O) groups is 2. The molecule has 0 saturated carbocycles. The predicted molar refractivity (Wildman–Crippen MR) is 144 cm³/mol. The Bertz CT molecular complexity index is 1100. The summed E-state index contributed by atoms with van der Waals surface area (Å²) in [6, 6.07) is 6.34. The van der Waals surface area contributed by atoms with Gasteiger partial charge in [-0.1, -0.05) is 18.2 Å². The van der Waals surface area contributed by atoms with Gasteiger partial charge in [0.05, 0.1) is 12.1 Å². The first-order chi connectivity index (χ1) is 18.4. The molecule has 0 unspecified atom stereocenters. The first-order valence-corrected chi connectivity index (χ1v) is 13.5. The number of carbonyl (C=O) groups excluding carboxylic acids is 2. The van der Waals surface area contributed by atoms with Crippen molar-refractivity contribution in [3.8, 4) is 5.75 Å². The number of hydrogen-bond acceptors (Lipinski definition) is 7. The molecule has 8 nitrogen and oxygen atoms in total. The molecular formula is C30H38N2O6. The lowest BCUT2D eigenvalue weighted by molar-refractivity contribution is -0.122. The third-order valence-corrected chi connectivity index (χ3v) is 6.72. The second kappa shape index (κ2) is 13.4. The van der Waals surface area contributed by atoms with Crippen LogP contribution in [0.1, 0.15) is 62.7 Å². The molecule has 0 spiro atoms. The molecule has 1 amide bonds. The average Bonchev–Trinajstić information content (AvgIpc) is 3.45. The number of amides is 1. The minimum absolute atomic E-state index is 0.0209. The van der Waals surface area contributed by atoms with Crippen LogP contribution >= 0.6 is 0 Å². The maximum atomic E-state index is 12.9. The first-order valence-electron chi connectivity index (χ1n) is 13.5. The van der Waals surface area contributed by atoms with E-state index in [0.717, 1.165) is 44.3 Å². The number of hydrogen-bond donors (Lipinski definition) is 2. The summed E-state index contributed by atoms with van der Waals surface area (Å²) in [5.41, 5.74) is 1.53. The molecule has 2 heterocycles. The molecule has 2 N–H and O–H groups in total. The number of Topliss-reactive ketones (excluding diaryl/α,β-unsaturated/α-hetero) is 1. The molecule has 1 aromatic carbocycles. The zero-order valence-corrected chi connectivity index (χ0v) is 22.2. The van der Waals surface area contributed by atoms with Crippen LogP contribution in [0.15, 0.2) is 72.1 Å². The van der Waals surface area contributed by atoms with Crippen molar-refractivity contribution in [3.05, 3.63) is 77.7 Å². The fraction of sp³-hybridized carbons (Fsp3) is 0.467. The number of allylic oxidation sites excluding steroid dienone is 4. The van der Waals surface area contributed by atoms with E-state index in [2.05, 4.69) is 16.3 Å². The highest BCUT2D eigenvalue weighted by molar-refractivity contribution is 5.98. The van der Waals surface area contributed by atoms with Crippen molar-refractivity contribution in [2.24, 2.45) is 0 Å². The topological polar surface area (TPSA) is 97.3 Å². The Morgan fingerprint density at radius 3 is 2.55 bits per heavy atom. The summed E-state index contributed by atoms with van der Waals surface area (Å²) in [6.07, 6.45) is 11.9. The molecule has 0 bridgehead atoms. The van der Waals surface area contributed by atoms with Crippen molar-refractivity contribution in [3.63, 3.8) is 0 Å². The predicted octanol–water partition coefficient (Wildman–Crippen LogP) is 4.38. The third kappa shape index (κ3) is 7.82. The van der Waals surface area contributed by atoms with E-state index in [4.69, 9.17) is 14.2 Å². The van der Waals surface area contributed by atoms with Crippen LogP contribution in [0.3, 0.4) is 0 Å². The molecule has 0 aromatic heterocycles. The van der Waals surface area contributed by atoms with Crippen LogP contribution in [0.5, 0.6) is 5.75 Å². The summed E-state index contributed by atoms with van der Waals surface area (Å²) in [7, 11) is 0. The molecule has 204 valence electrons. The summed E-state index contributed by atoms with van der Waals surface area (Å²) in [6.45, 7) is 6.18. The highest BCUT2D eigenvalue weighted by Gasteiger charge is 2.31. The van der Waals surface area contributed by atoms with E-state index >= 15 is 0 Å². The van der Waals surface area contributed by atoms with Gasteiger partial charge in [-0.2, -0.15) is 0 Å². The molecular weight excluding hydrogens is 484 g/mol. The molecule has 1 fully saturated rings. The van der Waals surface area contributed by atoms with Crippen LogP contribution in [-0.2, 0) is 14.3 Å². The maximum absolute atomic E-state index is 12.9. The van der Waals surface area contributed by atoms with Gasteiger partial charge in [-0.05, 0) is 82.5 Å². The lowest BCUT2D eigenvalue weighted by Crippen LogP contribution is -2.51. The van der Waals surface area contributed by atoms with E-state index in [1.165, 1.54) is 12.5 Å². The van der Waals surface area contributed by atoms with Crippen LogP contribution < -0.4 is 10.1 Å². The summed E-state index contributed by atoms with van der Waals surface area (Å²) in [4.78, 5) is 27.8. The van der Waals surface area contributed by atoms with Gasteiger partial charge in [0, 0.05) is 24.9 Å². The van der Waals surface area contributed by atoms with Crippen molar-refractivity contribution in [1.82, 2.24) is 10.2 Å². The quantitative estimate of drug-likeness (QED) is 0.393. The number of ketones is 1. The van der Waals surface area contributed by atoms with Crippen LogP contribution in [-0.4, -0.2) is 59.6 Å². The Morgan fingerprint density at radius 1 is 1.11 bits per heavy atom. The number of rotatable bonds is 12. The molecule has 1 aliphatic carbocycles. The van der Waals surface area contributed by atoms with Gasteiger partial charge in [0.1, 0.15) is 24.4 Å². The molecule has 4 rings (SSSR count). The van der Waals surface area contributed by atoms with Gasteiger partial charge in [-0.25, -0.2) is 0 Å². The highest BCUT2D eigenvalue weighted by Crippen LogP contribution is 2.28. The molecule has 0 radical (unpaired) electrons. The maximum Gasteiger partial charge on any atom is 0.220 e. The number of aliphatic hydroxyl groups excluding tert-OH is 1. The van der Waals surface area contributed by atoms with Crippen molar-refractivity contribution in [1.29, 1.82) is 0 Å². The molecule has 8 heteroatoms. The third-order valence-electron chi connectivity index (χ3n) is 6.72. The van der Waals surface area contributed by atoms with Gasteiger partial charge in [0.25, 0.3) is 0 Å². The van der Waals surface area contributed by atoms with E-state index in [-0.39, 0.29) is 36.4 Å². The van der Waals surface area contributed by atoms with E-state index in [9.17, 15) is 14.7 Å². The molecule has 1 saturated heterocycles. The zero-order valence-electron chi connectivity index (χ0n) is 22.2. The molecule has 3 aliphatic rings. The minimum Gasteiger partial charge on any atom is -0.491 e. The number of benzene rings is 1. The molecule has 1 aromatic rings. The summed E-state index contributed by atoms with van der Waals surface area (Å²) < 4.78 is 17.1. The standard InChI is InChI=1S/C30H38N2O6/c1-21(2)37-24-12-10-22(11-13-24)26(33)14-15-29(34)31-25(18-32-16-6-7-17-32)30(35)28-20-36-19-27(38-28)23-8-4-3-5-9-23/h3-4,8,10-13,19-21,25,30,35H,5-7,9,14-18H2,1-2H3,(H,31,34)/t25-,30-/m1/s1. The van der Waals surface area contributed by atoms with Crippen molar-refractivity contribution >= 4 is 11.7 Å². The Balaban J connectivity index is 1.35. The van der Waals surface area contributed by atoms with Gasteiger partial charge in [-0.15, -0.1) is 0 Å². The number of nitrogens with zero attached hydrogens (tertiary/aromatic N) is 1. The lowest BCUT2D eigenvalue weighted by Gasteiger charge is -2.30. The Kier molecular flexibility index (Phi) is 9.79. The smallest absolute Gasteiger partial charge is 0.220 e. The fourth-order valence-corrected chi connectivity index (χ4v) is 4.73. The second-order valence-electron chi connectivity index (χ2n) is 10.1. The Morgan fingerprint density at radius 2 is 1.87 bits per heavy atom. The van der Waals surface area contributed by atoms with Gasteiger partial charge in [0.2, 0.25) is 5.91 Å². The highest BCUT2D eigenvalue weighted by atomic mass is 16.6. The fourth-order valence-electron chi connectivity index (χ4n) is 4.73. The van der Waals surface area contributed by atoms with Crippen LogP contribution in [0, 0.1) is 0 Å². The van der Waals surface area contributed by atoms with Gasteiger partial charge in [0.15, 0.2) is 17.3 Å². The largest absolute Gasteiger partial charge is 0.491 e. The van der Waals surface area contributed by atoms with Crippen LogP contribution in [0.4, 0.5) is 0 Å². The number of ether oxygens (including phenoxy) is 3. The van der Waals surface area contributed by atoms with E-state index in [1.807, 2.05) is 26.0 Å². The second-order valence-corrected chi connectivity index (χ2v) is 10.1. The first kappa shape index (κ1) is 27.7. The Labute approximate surface area is 224 Å². The van der Waals surface area contributed by atoms with Crippen LogP contribution in [0.2, 0.25) is 0 Å². The molecule has 38 heavy (non-hydrogen) atoms. The van der Waals surface area contributed by atoms with E-state index < -0.39 is 12.1 Å². The monoisotopic (exact) mass is 522 g/mol. The van der Waals surface area contributed by atoms with Gasteiger partial charge < -0.3 is 29.5 Å². The van der Waals surface area contributed by atoms with Crippen molar-refractivity contribution in [2.75, 3.05) is 19.6 Å². The molecule has 2 aliphatic heterocycles. The minimum atomic E-state index is -1.10. The normalized spacial score (nSPS) is 19.0. The van der Waals surface area contributed by atoms with E-state index in [0.29, 0.717) is 23.6 Å². The van der Waals surface area contributed by atoms with Crippen molar-refractivity contribution < 1.29 is 28.9 Å². The zero-order chi connectivity index (χ0) is 26.9. The number of nitrogens with one attached hydrogen (secondary N) is 1. The lowest BCUT2D eigenvalue weighted by atomic mass is 10.0.